The summed E-state index contributed by atoms with van der Waals surface area (Å²) in [6.45, 7) is 0.107. The van der Waals surface area contributed by atoms with Crippen LogP contribution in [0.4, 0.5) is 18.9 Å². The van der Waals surface area contributed by atoms with Crippen molar-refractivity contribution in [3.63, 3.8) is 0 Å². The number of hydrogen-bond donors (Lipinski definition) is 2. The van der Waals surface area contributed by atoms with Crippen molar-refractivity contribution in [2.45, 2.75) is 24.4 Å². The number of fused-ring (bicyclic) bond motifs is 1. The van der Waals surface area contributed by atoms with Crippen molar-refractivity contribution in [3.8, 4) is 22.6 Å². The van der Waals surface area contributed by atoms with Gasteiger partial charge in [0.25, 0.3) is 0 Å². The molecule has 1 aliphatic heterocycles. The lowest BCUT2D eigenvalue weighted by molar-refractivity contribution is -0.137. The summed E-state index contributed by atoms with van der Waals surface area (Å²) in [6.07, 6.45) is -3.49. The maximum atomic E-state index is 13.7. The van der Waals surface area contributed by atoms with Crippen LogP contribution in [0.2, 0.25) is 0 Å². The number of carboxylic acid groups (broad SMARTS) is 1. The molecule has 178 valence electrons. The molecular formula is C25H22F3NO5. The Labute approximate surface area is 194 Å². The quantitative estimate of drug-likeness (QED) is 0.478. The number of nitrogens with one attached hydrogen (secondary N) is 1. The molecule has 6 nitrogen and oxygen atoms in total. The van der Waals surface area contributed by atoms with Crippen molar-refractivity contribution in [3.05, 3.63) is 77.4 Å². The summed E-state index contributed by atoms with van der Waals surface area (Å²) in [5.41, 5.74) is -1.07. The van der Waals surface area contributed by atoms with Gasteiger partial charge in [-0.15, -0.1) is 0 Å². The summed E-state index contributed by atoms with van der Waals surface area (Å²) in [6, 6.07) is 13.8. The Morgan fingerprint density at radius 3 is 2.44 bits per heavy atom. The Morgan fingerprint density at radius 1 is 0.971 bits per heavy atom. The number of rotatable bonds is 5. The number of benzene rings is 3. The minimum absolute atomic E-state index is 0. The van der Waals surface area contributed by atoms with Gasteiger partial charge >= 0.3 is 12.1 Å². The normalized spacial score (nSPS) is 15.6. The number of halogens is 3. The molecule has 1 aliphatic carbocycles. The lowest BCUT2D eigenvalue weighted by atomic mass is 9.93. The van der Waals surface area contributed by atoms with E-state index in [1.54, 1.807) is 18.2 Å². The highest BCUT2D eigenvalue weighted by molar-refractivity contribution is 6.02. The highest BCUT2D eigenvalue weighted by Crippen LogP contribution is 2.51. The molecule has 2 N–H and O–H groups in total. The maximum absolute atomic E-state index is 13.7. The first-order valence-corrected chi connectivity index (χ1v) is 10.4. The van der Waals surface area contributed by atoms with Crippen LogP contribution in [-0.4, -0.2) is 23.8 Å². The van der Waals surface area contributed by atoms with Crippen molar-refractivity contribution in [2.24, 2.45) is 0 Å². The fourth-order valence-corrected chi connectivity index (χ4v) is 4.14. The molecule has 3 aromatic carbocycles. The third-order valence-electron chi connectivity index (χ3n) is 6.11. The minimum Gasteiger partial charge on any atom is -0.478 e. The van der Waals surface area contributed by atoms with Gasteiger partial charge in [0.15, 0.2) is 11.5 Å². The summed E-state index contributed by atoms with van der Waals surface area (Å²) in [5, 5.41) is 12.0. The highest BCUT2D eigenvalue weighted by Gasteiger charge is 2.51. The number of hydrogen-bond acceptors (Lipinski definition) is 4. The van der Waals surface area contributed by atoms with Gasteiger partial charge in [0.05, 0.1) is 16.5 Å². The third-order valence-corrected chi connectivity index (χ3v) is 6.11. The standard InChI is InChI=1S/C25H18F3NO5.2H2/c26-25(27,28)19-6-5-17(12-18(19)14-2-1-3-15(10-14)22(30)31)29-23(32)24(8-9-24)16-4-7-20-21(11-16)34-13-33-20;;/h1-7,10-12H,8-9,13H2,(H,29,32)(H,30,31);2*1H. The van der Waals surface area contributed by atoms with Crippen LogP contribution in [0.15, 0.2) is 60.7 Å². The average Bonchev–Trinajstić information content (AvgIpc) is 3.49. The zero-order valence-electron chi connectivity index (χ0n) is 17.6. The lowest BCUT2D eigenvalue weighted by Gasteiger charge is -2.19. The third kappa shape index (κ3) is 3.83. The minimum atomic E-state index is -4.67. The zero-order chi connectivity index (χ0) is 24.1. The molecule has 34 heavy (non-hydrogen) atoms. The molecule has 0 unspecified atom stereocenters. The van der Waals surface area contributed by atoms with E-state index in [4.69, 9.17) is 9.47 Å². The first-order valence-electron chi connectivity index (χ1n) is 10.4. The summed E-state index contributed by atoms with van der Waals surface area (Å²) >= 11 is 0. The molecule has 3 aromatic rings. The molecule has 0 atom stereocenters. The fraction of sp³-hybridized carbons (Fsp3) is 0.200. The van der Waals surface area contributed by atoms with Gasteiger partial charge in [-0.05, 0) is 72.0 Å². The number of anilines is 1. The van der Waals surface area contributed by atoms with Gasteiger partial charge in [-0.2, -0.15) is 13.2 Å². The number of amides is 1. The Bertz CT molecular complexity index is 1330. The Morgan fingerprint density at radius 2 is 1.74 bits per heavy atom. The van der Waals surface area contributed by atoms with Crippen LogP contribution in [0, 0.1) is 0 Å². The Hall–Kier alpha value is -4.01. The number of aromatic carboxylic acids is 1. The van der Waals surface area contributed by atoms with Gasteiger partial charge in [0, 0.05) is 8.54 Å². The van der Waals surface area contributed by atoms with Gasteiger partial charge in [-0.3, -0.25) is 4.79 Å². The molecule has 1 heterocycles. The van der Waals surface area contributed by atoms with Crippen molar-refractivity contribution in [2.75, 3.05) is 12.1 Å². The van der Waals surface area contributed by atoms with E-state index in [1.807, 2.05) is 0 Å². The first-order chi connectivity index (χ1) is 16.2. The lowest BCUT2D eigenvalue weighted by Crippen LogP contribution is -2.27. The van der Waals surface area contributed by atoms with Gasteiger partial charge in [0.2, 0.25) is 12.7 Å². The van der Waals surface area contributed by atoms with Gasteiger partial charge in [0.1, 0.15) is 0 Å². The predicted molar refractivity (Wildman–Crippen MR) is 120 cm³/mol. The van der Waals surface area contributed by atoms with E-state index in [9.17, 15) is 27.9 Å². The summed E-state index contributed by atoms with van der Waals surface area (Å²) < 4.78 is 51.8. The molecule has 0 spiro atoms. The van der Waals surface area contributed by atoms with Crippen LogP contribution in [-0.2, 0) is 16.4 Å². The van der Waals surface area contributed by atoms with E-state index in [0.717, 1.165) is 11.6 Å². The smallest absolute Gasteiger partial charge is 0.417 e. The van der Waals surface area contributed by atoms with E-state index in [1.165, 1.54) is 36.4 Å². The van der Waals surface area contributed by atoms with Crippen LogP contribution in [0.3, 0.4) is 0 Å². The van der Waals surface area contributed by atoms with E-state index >= 15 is 0 Å². The van der Waals surface area contributed by atoms with Crippen LogP contribution in [0.25, 0.3) is 11.1 Å². The topological polar surface area (TPSA) is 84.9 Å². The molecular weight excluding hydrogens is 451 g/mol. The van der Waals surface area contributed by atoms with E-state index < -0.39 is 23.1 Å². The molecule has 0 bridgehead atoms. The van der Waals surface area contributed by atoms with Crippen molar-refractivity contribution in [1.82, 2.24) is 0 Å². The first kappa shape index (κ1) is 21.8. The largest absolute Gasteiger partial charge is 0.478 e. The summed E-state index contributed by atoms with van der Waals surface area (Å²) in [4.78, 5) is 24.5. The van der Waals surface area contributed by atoms with E-state index in [0.29, 0.717) is 24.3 Å². The van der Waals surface area contributed by atoms with E-state index in [-0.39, 0.29) is 37.9 Å². The molecule has 2 aliphatic rings. The van der Waals surface area contributed by atoms with Crippen molar-refractivity contribution < 1.29 is 40.2 Å². The average molecular weight is 473 g/mol. The number of carbonyl (C=O) groups is 2. The van der Waals surface area contributed by atoms with Gasteiger partial charge in [-0.25, -0.2) is 4.79 Å². The molecule has 1 amide bonds. The summed E-state index contributed by atoms with van der Waals surface area (Å²) in [5.74, 6) is -0.446. The molecule has 0 radical (unpaired) electrons. The Balaban J connectivity index is 0.00000180. The van der Waals surface area contributed by atoms with Crippen LogP contribution in [0.1, 0.15) is 37.2 Å². The predicted octanol–water partition coefficient (Wildman–Crippen LogP) is 5.96. The Kier molecular flexibility index (Phi) is 5.00. The van der Waals surface area contributed by atoms with Crippen molar-refractivity contribution >= 4 is 17.6 Å². The zero-order valence-corrected chi connectivity index (χ0v) is 17.6. The monoisotopic (exact) mass is 473 g/mol. The number of carboxylic acids is 1. The molecule has 0 saturated heterocycles. The van der Waals surface area contributed by atoms with Crippen molar-refractivity contribution in [1.29, 1.82) is 0 Å². The molecule has 1 fully saturated rings. The maximum Gasteiger partial charge on any atom is 0.417 e. The van der Waals surface area contributed by atoms with Gasteiger partial charge < -0.3 is 19.9 Å². The van der Waals surface area contributed by atoms with Crippen LogP contribution >= 0.6 is 0 Å². The molecule has 9 heteroatoms. The second-order valence-corrected chi connectivity index (χ2v) is 8.25. The number of alkyl halides is 3. The molecule has 5 rings (SSSR count). The van der Waals surface area contributed by atoms with E-state index in [2.05, 4.69) is 5.32 Å². The fourth-order valence-electron chi connectivity index (χ4n) is 4.14. The molecule has 0 aromatic heterocycles. The van der Waals surface area contributed by atoms with Gasteiger partial charge in [-0.1, -0.05) is 18.2 Å². The second kappa shape index (κ2) is 7.79. The number of carbonyl (C=O) groups excluding carboxylic acids is 1. The SMILES string of the molecule is O=C(O)c1cccc(-c2cc(NC(=O)C3(c4ccc5c(c4)OCO5)CC3)ccc2C(F)(F)F)c1.[HH].[HH]. The van der Waals surface area contributed by atoms with Crippen LogP contribution < -0.4 is 14.8 Å². The molecule has 1 saturated carbocycles. The second-order valence-electron chi connectivity index (χ2n) is 8.25. The highest BCUT2D eigenvalue weighted by atomic mass is 19.4. The number of ether oxygens (including phenoxy) is 2. The van der Waals surface area contributed by atoms with Crippen LogP contribution in [0.5, 0.6) is 11.5 Å². The summed E-state index contributed by atoms with van der Waals surface area (Å²) in [7, 11) is 0.